The van der Waals surface area contributed by atoms with E-state index in [-0.39, 0.29) is 6.10 Å². The molecule has 0 aromatic heterocycles. The first-order valence-electron chi connectivity index (χ1n) is 5.67. The molecule has 2 N–H and O–H groups in total. The molecule has 1 aromatic carbocycles. The molecule has 0 unspecified atom stereocenters. The molecule has 1 aromatic rings. The van der Waals surface area contributed by atoms with E-state index >= 15 is 0 Å². The van der Waals surface area contributed by atoms with Crippen LogP contribution in [0.25, 0.3) is 0 Å². The fourth-order valence-electron chi connectivity index (χ4n) is 1.41. The van der Waals surface area contributed by atoms with Gasteiger partial charge in [-0.15, -0.1) is 0 Å². The summed E-state index contributed by atoms with van der Waals surface area (Å²) in [5.41, 5.74) is 6.38. The molecule has 4 nitrogen and oxygen atoms in total. The fourth-order valence-corrected chi connectivity index (χ4v) is 1.41. The third kappa shape index (κ3) is 3.65. The first-order chi connectivity index (χ1) is 8.08. The molecular formula is C13H18N2O2. The minimum atomic E-state index is -0.637. The quantitative estimate of drug-likeness (QED) is 0.849. The van der Waals surface area contributed by atoms with Gasteiger partial charge in [-0.25, -0.2) is 0 Å². The monoisotopic (exact) mass is 234 g/mol. The molecule has 0 bridgehead atoms. The van der Waals surface area contributed by atoms with Crippen molar-refractivity contribution in [1.29, 1.82) is 5.26 Å². The molecule has 0 saturated carbocycles. The van der Waals surface area contributed by atoms with Gasteiger partial charge in [0.25, 0.3) is 0 Å². The number of rotatable bonds is 5. The first-order valence-corrected chi connectivity index (χ1v) is 5.67. The average Bonchev–Trinajstić information content (AvgIpc) is 2.30. The van der Waals surface area contributed by atoms with Crippen LogP contribution in [0.4, 0.5) is 0 Å². The summed E-state index contributed by atoms with van der Waals surface area (Å²) in [5.74, 6) is 1.31. The number of nitrogens with two attached hydrogens (primary N) is 1. The molecule has 0 radical (unpaired) electrons. The first kappa shape index (κ1) is 13.3. The maximum atomic E-state index is 8.78. The van der Waals surface area contributed by atoms with Crippen LogP contribution >= 0.6 is 0 Å². The van der Waals surface area contributed by atoms with Crippen molar-refractivity contribution in [2.75, 3.05) is 6.61 Å². The van der Waals surface area contributed by atoms with Gasteiger partial charge in [0.2, 0.25) is 0 Å². The lowest BCUT2D eigenvalue weighted by molar-refractivity contribution is 0.223. The zero-order valence-corrected chi connectivity index (χ0v) is 10.4. The molecule has 1 atom stereocenters. The molecule has 0 amide bonds. The van der Waals surface area contributed by atoms with Crippen molar-refractivity contribution in [3.63, 3.8) is 0 Å². The Morgan fingerprint density at radius 2 is 2.06 bits per heavy atom. The maximum absolute atomic E-state index is 8.78. The molecule has 0 heterocycles. The molecule has 17 heavy (non-hydrogen) atoms. The van der Waals surface area contributed by atoms with Crippen molar-refractivity contribution in [1.82, 2.24) is 0 Å². The zero-order chi connectivity index (χ0) is 12.8. The highest BCUT2D eigenvalue weighted by atomic mass is 16.5. The summed E-state index contributed by atoms with van der Waals surface area (Å²) in [6, 6.07) is 6.69. The summed E-state index contributed by atoms with van der Waals surface area (Å²) >= 11 is 0. The van der Waals surface area contributed by atoms with Crippen LogP contribution in [-0.4, -0.2) is 12.7 Å². The number of ether oxygens (including phenoxy) is 2. The van der Waals surface area contributed by atoms with E-state index in [1.807, 2.05) is 26.8 Å². The fraction of sp³-hybridized carbons (Fsp3) is 0.462. The van der Waals surface area contributed by atoms with Crippen molar-refractivity contribution < 1.29 is 9.47 Å². The predicted molar refractivity (Wildman–Crippen MR) is 65.9 cm³/mol. The van der Waals surface area contributed by atoms with Crippen molar-refractivity contribution in [2.45, 2.75) is 32.9 Å². The molecule has 92 valence electrons. The summed E-state index contributed by atoms with van der Waals surface area (Å²) in [4.78, 5) is 0. The van der Waals surface area contributed by atoms with E-state index in [2.05, 4.69) is 0 Å². The second-order valence-corrected chi connectivity index (χ2v) is 3.91. The van der Waals surface area contributed by atoms with Crippen LogP contribution in [0.3, 0.4) is 0 Å². The predicted octanol–water partition coefficient (Wildman–Crippen LogP) is 2.40. The van der Waals surface area contributed by atoms with Gasteiger partial charge in [-0.05, 0) is 38.5 Å². The Labute approximate surface area is 102 Å². The lowest BCUT2D eigenvalue weighted by Gasteiger charge is -2.16. The third-order valence-electron chi connectivity index (χ3n) is 2.13. The zero-order valence-electron chi connectivity index (χ0n) is 10.4. The van der Waals surface area contributed by atoms with Crippen LogP contribution in [0.5, 0.6) is 11.5 Å². The van der Waals surface area contributed by atoms with Crippen molar-refractivity contribution in [3.05, 3.63) is 23.8 Å². The van der Waals surface area contributed by atoms with Gasteiger partial charge < -0.3 is 15.2 Å². The van der Waals surface area contributed by atoms with E-state index in [0.29, 0.717) is 18.1 Å². The summed E-state index contributed by atoms with van der Waals surface area (Å²) in [7, 11) is 0. The van der Waals surface area contributed by atoms with Crippen molar-refractivity contribution >= 4 is 0 Å². The smallest absolute Gasteiger partial charge is 0.161 e. The number of nitrogens with zero attached hydrogens (tertiary/aromatic N) is 1. The second kappa shape index (κ2) is 6.12. The molecule has 0 fully saturated rings. The number of hydrogen-bond donors (Lipinski definition) is 1. The lowest BCUT2D eigenvalue weighted by Crippen LogP contribution is -2.10. The summed E-state index contributed by atoms with van der Waals surface area (Å²) in [5, 5.41) is 8.78. The van der Waals surface area contributed by atoms with E-state index in [9.17, 15) is 0 Å². The Morgan fingerprint density at radius 1 is 1.35 bits per heavy atom. The van der Waals surface area contributed by atoms with Crippen LogP contribution in [0.1, 0.15) is 32.4 Å². The lowest BCUT2D eigenvalue weighted by atomic mass is 10.1. The molecule has 0 aliphatic rings. The van der Waals surface area contributed by atoms with E-state index in [1.165, 1.54) is 0 Å². The Hall–Kier alpha value is -1.73. The average molecular weight is 234 g/mol. The van der Waals surface area contributed by atoms with E-state index < -0.39 is 6.04 Å². The van der Waals surface area contributed by atoms with E-state index in [1.54, 1.807) is 18.2 Å². The van der Waals surface area contributed by atoms with E-state index in [4.69, 9.17) is 20.5 Å². The van der Waals surface area contributed by atoms with Crippen molar-refractivity contribution in [2.24, 2.45) is 5.73 Å². The SMILES string of the molecule is CCOc1cc([C@H](N)C#N)ccc1OC(C)C. The Bertz CT molecular complexity index is 410. The maximum Gasteiger partial charge on any atom is 0.161 e. The van der Waals surface area contributed by atoms with Crippen molar-refractivity contribution in [3.8, 4) is 17.6 Å². The van der Waals surface area contributed by atoms with Crippen LogP contribution in [0.15, 0.2) is 18.2 Å². The highest BCUT2D eigenvalue weighted by Crippen LogP contribution is 2.30. The number of nitriles is 1. The molecular weight excluding hydrogens is 216 g/mol. The van der Waals surface area contributed by atoms with Crippen LogP contribution in [0, 0.1) is 11.3 Å². The van der Waals surface area contributed by atoms with Gasteiger partial charge in [0.15, 0.2) is 11.5 Å². The number of hydrogen-bond acceptors (Lipinski definition) is 4. The van der Waals surface area contributed by atoms with Gasteiger partial charge >= 0.3 is 0 Å². The molecule has 0 aliphatic carbocycles. The largest absolute Gasteiger partial charge is 0.490 e. The minimum absolute atomic E-state index is 0.0738. The van der Waals surface area contributed by atoms with Gasteiger partial charge in [0.1, 0.15) is 6.04 Å². The summed E-state index contributed by atoms with van der Waals surface area (Å²) in [6.07, 6.45) is 0.0738. The highest BCUT2D eigenvalue weighted by molar-refractivity contribution is 5.44. The summed E-state index contributed by atoms with van der Waals surface area (Å²) in [6.45, 7) is 6.34. The van der Waals surface area contributed by atoms with E-state index in [0.717, 1.165) is 5.56 Å². The number of benzene rings is 1. The Morgan fingerprint density at radius 3 is 2.59 bits per heavy atom. The Kier molecular flexibility index (Phi) is 4.80. The third-order valence-corrected chi connectivity index (χ3v) is 2.13. The van der Waals surface area contributed by atoms with Crippen LogP contribution in [0.2, 0.25) is 0 Å². The topological polar surface area (TPSA) is 68.3 Å². The molecule has 0 aliphatic heterocycles. The van der Waals surface area contributed by atoms with Gasteiger partial charge in [0, 0.05) is 0 Å². The van der Waals surface area contributed by atoms with Gasteiger partial charge in [0.05, 0.1) is 18.8 Å². The van der Waals surface area contributed by atoms with Crippen LogP contribution in [-0.2, 0) is 0 Å². The molecule has 0 saturated heterocycles. The molecule has 0 spiro atoms. The molecule has 4 heteroatoms. The van der Waals surface area contributed by atoms with Gasteiger partial charge in [-0.3, -0.25) is 0 Å². The highest BCUT2D eigenvalue weighted by Gasteiger charge is 2.11. The van der Waals surface area contributed by atoms with Gasteiger partial charge in [-0.2, -0.15) is 5.26 Å². The normalized spacial score (nSPS) is 12.0. The second-order valence-electron chi connectivity index (χ2n) is 3.91. The standard InChI is InChI=1S/C13H18N2O2/c1-4-16-13-7-10(11(15)8-14)5-6-12(13)17-9(2)3/h5-7,9,11H,4,15H2,1-3H3/t11-/m1/s1. The Balaban J connectivity index is 3.04. The molecule has 1 rings (SSSR count). The van der Waals surface area contributed by atoms with Crippen LogP contribution < -0.4 is 15.2 Å². The van der Waals surface area contributed by atoms with Gasteiger partial charge in [-0.1, -0.05) is 6.07 Å². The minimum Gasteiger partial charge on any atom is -0.490 e. The summed E-state index contributed by atoms with van der Waals surface area (Å²) < 4.78 is 11.1.